The zero-order valence-electron chi connectivity index (χ0n) is 14.8. The quantitative estimate of drug-likeness (QED) is 0.409. The normalized spacial score (nSPS) is 22.9. The minimum atomic E-state index is -0.732. The topological polar surface area (TPSA) is 66.8 Å². The van der Waals surface area contributed by atoms with Crippen LogP contribution in [0.3, 0.4) is 0 Å². The first-order valence-corrected chi connectivity index (χ1v) is 9.13. The van der Waals surface area contributed by atoms with Crippen LogP contribution < -0.4 is 0 Å². The Bertz CT molecular complexity index is 425. The third kappa shape index (κ3) is 9.68. The van der Waals surface area contributed by atoms with E-state index in [1.54, 1.807) is 0 Å². The van der Waals surface area contributed by atoms with Crippen LogP contribution in [0.15, 0.2) is 36.5 Å². The fraction of sp³-hybridized carbons (Fsp3) is 0.650. The van der Waals surface area contributed by atoms with E-state index in [9.17, 15) is 9.90 Å². The van der Waals surface area contributed by atoms with Gasteiger partial charge < -0.3 is 14.9 Å². The molecule has 24 heavy (non-hydrogen) atoms. The Morgan fingerprint density at radius 2 is 1.79 bits per heavy atom. The Balaban J connectivity index is 2.02. The smallest absolute Gasteiger partial charge is 0.303 e. The van der Waals surface area contributed by atoms with Gasteiger partial charge in [-0.05, 0) is 51.4 Å². The lowest BCUT2D eigenvalue weighted by Crippen LogP contribution is -2.25. The molecule has 2 N–H and O–H groups in total. The second kappa shape index (κ2) is 13.0. The van der Waals surface area contributed by atoms with E-state index < -0.39 is 12.1 Å². The number of carboxylic acids is 1. The molecule has 0 aromatic carbocycles. The van der Waals surface area contributed by atoms with E-state index >= 15 is 0 Å². The maximum atomic E-state index is 10.3. The number of hydrogen-bond donors (Lipinski definition) is 2. The Labute approximate surface area is 145 Å². The molecule has 0 spiro atoms. The summed E-state index contributed by atoms with van der Waals surface area (Å²) in [5.41, 5.74) is 0. The molecule has 0 bridgehead atoms. The highest BCUT2D eigenvalue weighted by atomic mass is 16.5. The van der Waals surface area contributed by atoms with Crippen molar-refractivity contribution in [2.24, 2.45) is 0 Å². The van der Waals surface area contributed by atoms with Crippen LogP contribution in [0.1, 0.15) is 64.7 Å². The highest BCUT2D eigenvalue weighted by Gasteiger charge is 2.28. The van der Waals surface area contributed by atoms with Gasteiger partial charge in [0.1, 0.15) is 0 Å². The van der Waals surface area contributed by atoms with Crippen molar-refractivity contribution in [3.05, 3.63) is 36.5 Å². The number of allylic oxidation sites excluding steroid dienone is 5. The lowest BCUT2D eigenvalue weighted by Gasteiger charge is -2.17. The average molecular weight is 336 g/mol. The number of hydrogen-bond acceptors (Lipinski definition) is 3. The molecule has 0 aromatic rings. The van der Waals surface area contributed by atoms with Gasteiger partial charge in [0.05, 0.1) is 18.3 Å². The lowest BCUT2D eigenvalue weighted by molar-refractivity contribution is -0.137. The van der Waals surface area contributed by atoms with Gasteiger partial charge in [-0.1, -0.05) is 43.4 Å². The summed E-state index contributed by atoms with van der Waals surface area (Å²) in [6.07, 6.45) is 19.5. The third-order valence-electron chi connectivity index (χ3n) is 4.21. The van der Waals surface area contributed by atoms with E-state index in [4.69, 9.17) is 9.84 Å². The molecule has 0 saturated carbocycles. The number of carboxylic acid groups (broad SMARTS) is 1. The lowest BCUT2D eigenvalue weighted by atomic mass is 10.1. The highest BCUT2D eigenvalue weighted by molar-refractivity contribution is 5.66. The molecule has 0 aromatic heterocycles. The molecule has 0 amide bonds. The maximum absolute atomic E-state index is 10.3. The van der Waals surface area contributed by atoms with E-state index in [1.807, 2.05) is 12.2 Å². The summed E-state index contributed by atoms with van der Waals surface area (Å²) >= 11 is 0. The van der Waals surface area contributed by atoms with Gasteiger partial charge in [0.2, 0.25) is 0 Å². The van der Waals surface area contributed by atoms with Crippen LogP contribution in [0, 0.1) is 0 Å². The molecule has 1 aliphatic rings. The summed E-state index contributed by atoms with van der Waals surface area (Å²) in [6.45, 7) is 2.12. The molecule has 3 atom stereocenters. The van der Waals surface area contributed by atoms with Gasteiger partial charge in [0, 0.05) is 6.42 Å². The molecule has 1 aliphatic heterocycles. The molecule has 1 heterocycles. The van der Waals surface area contributed by atoms with E-state index in [-0.39, 0.29) is 12.5 Å². The average Bonchev–Trinajstić information content (AvgIpc) is 3.04. The van der Waals surface area contributed by atoms with E-state index in [0.717, 1.165) is 38.5 Å². The van der Waals surface area contributed by atoms with Crippen molar-refractivity contribution < 1.29 is 19.7 Å². The van der Waals surface area contributed by atoms with Crippen LogP contribution in [0.25, 0.3) is 0 Å². The molecular weight excluding hydrogens is 304 g/mol. The van der Waals surface area contributed by atoms with Crippen molar-refractivity contribution in [1.29, 1.82) is 0 Å². The first-order chi connectivity index (χ1) is 11.6. The minimum absolute atomic E-state index is 0.00130. The first-order valence-electron chi connectivity index (χ1n) is 9.13. The van der Waals surface area contributed by atoms with Gasteiger partial charge in [0.15, 0.2) is 0 Å². The van der Waals surface area contributed by atoms with Crippen molar-refractivity contribution >= 4 is 5.97 Å². The number of unbranched alkanes of at least 4 members (excludes halogenated alkanes) is 1. The fourth-order valence-electron chi connectivity index (χ4n) is 2.74. The fourth-order valence-corrected chi connectivity index (χ4v) is 2.74. The summed E-state index contributed by atoms with van der Waals surface area (Å²) in [5.74, 6) is -0.732. The molecule has 3 unspecified atom stereocenters. The molecule has 1 rings (SSSR count). The van der Waals surface area contributed by atoms with E-state index in [1.165, 1.54) is 0 Å². The third-order valence-corrected chi connectivity index (χ3v) is 4.21. The van der Waals surface area contributed by atoms with Gasteiger partial charge in [-0.2, -0.15) is 0 Å². The summed E-state index contributed by atoms with van der Waals surface area (Å²) < 4.78 is 5.80. The Kier molecular flexibility index (Phi) is 11.2. The predicted octanol–water partition coefficient (Wildman–Crippen LogP) is 4.40. The second-order valence-corrected chi connectivity index (χ2v) is 6.26. The predicted molar refractivity (Wildman–Crippen MR) is 97.0 cm³/mol. The van der Waals surface area contributed by atoms with Gasteiger partial charge in [0.25, 0.3) is 0 Å². The minimum Gasteiger partial charge on any atom is -0.481 e. The molecule has 4 heteroatoms. The van der Waals surface area contributed by atoms with Crippen LogP contribution in [0.2, 0.25) is 0 Å². The number of ether oxygens (including phenoxy) is 1. The SMILES string of the molecule is CCC1CCC(C(O)C/C=C/C/C=C/C/C=C/CCCC(=O)O)O1. The zero-order chi connectivity index (χ0) is 17.6. The van der Waals surface area contributed by atoms with Gasteiger partial charge in [-0.3, -0.25) is 4.79 Å². The van der Waals surface area contributed by atoms with Crippen molar-refractivity contribution in [1.82, 2.24) is 0 Å². The molecule has 0 radical (unpaired) electrons. The Morgan fingerprint density at radius 1 is 1.12 bits per heavy atom. The summed E-state index contributed by atoms with van der Waals surface area (Å²) in [7, 11) is 0. The van der Waals surface area contributed by atoms with E-state index in [2.05, 4.69) is 31.2 Å². The molecule has 0 aliphatic carbocycles. The number of aliphatic hydroxyl groups is 1. The number of aliphatic hydroxyl groups excluding tert-OH is 1. The van der Waals surface area contributed by atoms with Crippen LogP contribution in [0.4, 0.5) is 0 Å². The number of rotatable bonds is 12. The van der Waals surface area contributed by atoms with Crippen LogP contribution in [-0.2, 0) is 9.53 Å². The highest BCUT2D eigenvalue weighted by Crippen LogP contribution is 2.25. The first kappa shape index (κ1) is 20.7. The van der Waals surface area contributed by atoms with Crippen molar-refractivity contribution in [3.8, 4) is 0 Å². The Hall–Kier alpha value is -1.39. The largest absolute Gasteiger partial charge is 0.481 e. The van der Waals surface area contributed by atoms with E-state index in [0.29, 0.717) is 18.9 Å². The maximum Gasteiger partial charge on any atom is 0.303 e. The van der Waals surface area contributed by atoms with Crippen molar-refractivity contribution in [2.45, 2.75) is 83.0 Å². The Morgan fingerprint density at radius 3 is 2.42 bits per heavy atom. The number of carbonyl (C=O) groups is 1. The van der Waals surface area contributed by atoms with Crippen molar-refractivity contribution in [3.63, 3.8) is 0 Å². The molecule has 1 saturated heterocycles. The summed E-state index contributed by atoms with van der Waals surface area (Å²) in [6, 6.07) is 0. The van der Waals surface area contributed by atoms with Crippen LogP contribution in [0.5, 0.6) is 0 Å². The zero-order valence-corrected chi connectivity index (χ0v) is 14.8. The second-order valence-electron chi connectivity index (χ2n) is 6.26. The van der Waals surface area contributed by atoms with Crippen LogP contribution >= 0.6 is 0 Å². The molecule has 4 nitrogen and oxygen atoms in total. The molecule has 1 fully saturated rings. The van der Waals surface area contributed by atoms with Crippen molar-refractivity contribution in [2.75, 3.05) is 0 Å². The van der Waals surface area contributed by atoms with Gasteiger partial charge in [-0.25, -0.2) is 0 Å². The van der Waals surface area contributed by atoms with Crippen LogP contribution in [-0.4, -0.2) is 34.5 Å². The number of aliphatic carboxylic acids is 1. The standard InChI is InChI=1S/C20H32O4/c1-2-17-15-16-19(24-17)18(21)13-11-9-7-5-3-4-6-8-10-12-14-20(22)23/h3,5-6,8-9,11,17-19,21H,2,4,7,10,12-16H2,1H3,(H,22,23)/b5-3+,8-6+,11-9+. The molecule has 136 valence electrons. The monoisotopic (exact) mass is 336 g/mol. The van der Waals surface area contributed by atoms with Gasteiger partial charge in [-0.15, -0.1) is 0 Å². The molecular formula is C20H32O4. The van der Waals surface area contributed by atoms with Gasteiger partial charge >= 0.3 is 5.97 Å². The summed E-state index contributed by atoms with van der Waals surface area (Å²) in [5, 5.41) is 18.6. The summed E-state index contributed by atoms with van der Waals surface area (Å²) in [4.78, 5) is 10.3.